The molecule has 0 saturated carbocycles. The van der Waals surface area contributed by atoms with Crippen LogP contribution in [0, 0.1) is 0 Å². The third-order valence-electron chi connectivity index (χ3n) is 5.80. The van der Waals surface area contributed by atoms with Gasteiger partial charge in [0, 0.05) is 65.2 Å². The average Bonchev–Trinajstić information content (AvgIpc) is 3.50. The SMILES string of the molecule is O=C(NCCCCNC(=O)NCCCC(=O)N1CCCC1)NCCCC(=O)N1CCCC1. The van der Waals surface area contributed by atoms with E-state index < -0.39 is 0 Å². The fourth-order valence-electron chi connectivity index (χ4n) is 3.91. The van der Waals surface area contributed by atoms with Crippen molar-refractivity contribution in [1.82, 2.24) is 31.1 Å². The largest absolute Gasteiger partial charge is 0.343 e. The molecular formula is C22H40N6O4. The van der Waals surface area contributed by atoms with E-state index in [1.54, 1.807) is 0 Å². The number of carbonyl (C=O) groups is 4. The van der Waals surface area contributed by atoms with Gasteiger partial charge < -0.3 is 31.1 Å². The smallest absolute Gasteiger partial charge is 0.314 e. The Kier molecular flexibility index (Phi) is 12.3. The van der Waals surface area contributed by atoms with E-state index in [0.717, 1.165) is 64.7 Å². The summed E-state index contributed by atoms with van der Waals surface area (Å²) in [6.45, 7) is 5.48. The van der Waals surface area contributed by atoms with Crippen molar-refractivity contribution >= 4 is 23.9 Å². The summed E-state index contributed by atoms with van der Waals surface area (Å²) in [5.74, 6) is 0.355. The van der Waals surface area contributed by atoms with Gasteiger partial charge in [-0.3, -0.25) is 9.59 Å². The lowest BCUT2D eigenvalue weighted by Crippen LogP contribution is -2.38. The molecule has 2 aliphatic heterocycles. The van der Waals surface area contributed by atoms with Gasteiger partial charge in [-0.1, -0.05) is 0 Å². The van der Waals surface area contributed by atoms with E-state index in [2.05, 4.69) is 21.3 Å². The topological polar surface area (TPSA) is 123 Å². The molecule has 0 aliphatic carbocycles. The van der Waals surface area contributed by atoms with Crippen molar-refractivity contribution in [3.8, 4) is 0 Å². The van der Waals surface area contributed by atoms with Gasteiger partial charge in [0.25, 0.3) is 0 Å². The molecule has 0 aromatic carbocycles. The number of carbonyl (C=O) groups excluding carboxylic acids is 4. The highest BCUT2D eigenvalue weighted by Crippen LogP contribution is 2.10. The van der Waals surface area contributed by atoms with Crippen LogP contribution < -0.4 is 21.3 Å². The second kappa shape index (κ2) is 15.3. The molecule has 2 saturated heterocycles. The molecular weight excluding hydrogens is 412 g/mol. The van der Waals surface area contributed by atoms with Gasteiger partial charge in [-0.15, -0.1) is 0 Å². The lowest BCUT2D eigenvalue weighted by Gasteiger charge is -2.15. The molecule has 4 N–H and O–H groups in total. The molecule has 0 aromatic heterocycles. The van der Waals surface area contributed by atoms with Gasteiger partial charge in [0.1, 0.15) is 0 Å². The first-order chi connectivity index (χ1) is 15.6. The average molecular weight is 453 g/mol. The summed E-state index contributed by atoms with van der Waals surface area (Å²) in [6, 6.07) is -0.458. The number of unbranched alkanes of at least 4 members (excludes halogenated alkanes) is 1. The number of likely N-dealkylation sites (tertiary alicyclic amines) is 2. The highest BCUT2D eigenvalue weighted by molar-refractivity contribution is 5.77. The van der Waals surface area contributed by atoms with Crippen LogP contribution >= 0.6 is 0 Å². The molecule has 0 unspecified atom stereocenters. The van der Waals surface area contributed by atoms with Gasteiger partial charge in [-0.2, -0.15) is 0 Å². The monoisotopic (exact) mass is 452 g/mol. The first kappa shape index (κ1) is 25.7. The molecule has 10 nitrogen and oxygen atoms in total. The number of nitrogens with one attached hydrogen (secondary N) is 4. The zero-order chi connectivity index (χ0) is 23.0. The summed E-state index contributed by atoms with van der Waals surface area (Å²) in [5, 5.41) is 11.1. The van der Waals surface area contributed by atoms with Crippen LogP contribution in [0.3, 0.4) is 0 Å². The van der Waals surface area contributed by atoms with Gasteiger partial charge in [-0.25, -0.2) is 9.59 Å². The van der Waals surface area contributed by atoms with Crippen molar-refractivity contribution in [3.63, 3.8) is 0 Å². The predicted octanol–water partition coefficient (Wildman–Crippen LogP) is 1.17. The number of rotatable bonds is 13. The van der Waals surface area contributed by atoms with E-state index in [1.165, 1.54) is 0 Å². The first-order valence-corrected chi connectivity index (χ1v) is 12.1. The van der Waals surface area contributed by atoms with Crippen LogP contribution in [-0.4, -0.2) is 86.0 Å². The Bertz CT molecular complexity index is 551. The summed E-state index contributed by atoms with van der Waals surface area (Å²) in [7, 11) is 0. The van der Waals surface area contributed by atoms with E-state index in [-0.39, 0.29) is 23.9 Å². The van der Waals surface area contributed by atoms with Crippen LogP contribution in [0.1, 0.15) is 64.2 Å². The Morgan fingerprint density at radius 1 is 0.500 bits per heavy atom. The predicted molar refractivity (Wildman–Crippen MR) is 122 cm³/mol. The molecule has 2 rings (SSSR count). The van der Waals surface area contributed by atoms with E-state index in [4.69, 9.17) is 0 Å². The maximum absolute atomic E-state index is 11.9. The maximum Gasteiger partial charge on any atom is 0.314 e. The van der Waals surface area contributed by atoms with Crippen molar-refractivity contribution in [2.45, 2.75) is 64.2 Å². The minimum absolute atomic E-state index is 0.178. The van der Waals surface area contributed by atoms with E-state index in [1.807, 2.05) is 9.80 Å². The highest BCUT2D eigenvalue weighted by atomic mass is 16.2. The van der Waals surface area contributed by atoms with E-state index >= 15 is 0 Å². The maximum atomic E-state index is 11.9. The Labute approximate surface area is 191 Å². The third-order valence-corrected chi connectivity index (χ3v) is 5.80. The molecule has 6 amide bonds. The van der Waals surface area contributed by atoms with Gasteiger partial charge in [0.2, 0.25) is 11.8 Å². The van der Waals surface area contributed by atoms with Gasteiger partial charge >= 0.3 is 12.1 Å². The molecule has 2 heterocycles. The molecule has 0 atom stereocenters. The Morgan fingerprint density at radius 3 is 1.16 bits per heavy atom. The molecule has 0 spiro atoms. The standard InChI is InChI=1S/C22H40N6O4/c29-19(27-15-3-4-16-27)9-7-13-25-21(31)23-11-1-2-12-24-22(32)26-14-8-10-20(30)28-17-5-6-18-28/h1-18H2,(H2,23,25,31)(H2,24,26,32). The normalized spacial score (nSPS) is 15.5. The molecule has 2 aliphatic rings. The van der Waals surface area contributed by atoms with Gasteiger partial charge in [0.05, 0.1) is 0 Å². The lowest BCUT2D eigenvalue weighted by atomic mass is 10.3. The number of hydrogen-bond donors (Lipinski definition) is 4. The number of nitrogens with zero attached hydrogens (tertiary/aromatic N) is 2. The van der Waals surface area contributed by atoms with Crippen molar-refractivity contribution in [2.24, 2.45) is 0 Å². The van der Waals surface area contributed by atoms with Gasteiger partial charge in [0.15, 0.2) is 0 Å². The summed E-state index contributed by atoms with van der Waals surface area (Å²) < 4.78 is 0. The molecule has 0 bridgehead atoms. The number of urea groups is 2. The molecule has 2 fully saturated rings. The number of hydrogen-bond acceptors (Lipinski definition) is 4. The fourth-order valence-corrected chi connectivity index (χ4v) is 3.91. The highest BCUT2D eigenvalue weighted by Gasteiger charge is 2.18. The first-order valence-electron chi connectivity index (χ1n) is 12.1. The van der Waals surface area contributed by atoms with Crippen LogP contribution in [0.15, 0.2) is 0 Å². The zero-order valence-electron chi connectivity index (χ0n) is 19.3. The van der Waals surface area contributed by atoms with Crippen LogP contribution in [0.25, 0.3) is 0 Å². The fraction of sp³-hybridized carbons (Fsp3) is 0.818. The second-order valence-electron chi connectivity index (χ2n) is 8.46. The van der Waals surface area contributed by atoms with E-state index in [9.17, 15) is 19.2 Å². The van der Waals surface area contributed by atoms with Crippen LogP contribution in [-0.2, 0) is 9.59 Å². The molecule has 0 radical (unpaired) electrons. The van der Waals surface area contributed by atoms with Crippen molar-refractivity contribution < 1.29 is 19.2 Å². The summed E-state index contributed by atoms with van der Waals surface area (Å²) >= 11 is 0. The molecule has 32 heavy (non-hydrogen) atoms. The van der Waals surface area contributed by atoms with Gasteiger partial charge in [-0.05, 0) is 51.4 Å². The van der Waals surface area contributed by atoms with Crippen molar-refractivity contribution in [2.75, 3.05) is 52.4 Å². The molecule has 182 valence electrons. The number of amides is 6. The Morgan fingerprint density at radius 2 is 0.812 bits per heavy atom. The summed E-state index contributed by atoms with van der Waals surface area (Å²) in [5.41, 5.74) is 0. The zero-order valence-corrected chi connectivity index (χ0v) is 19.3. The Hall–Kier alpha value is -2.52. The van der Waals surface area contributed by atoms with Crippen LogP contribution in [0.5, 0.6) is 0 Å². The quantitative estimate of drug-likeness (QED) is 0.313. The lowest BCUT2D eigenvalue weighted by molar-refractivity contribution is -0.131. The van der Waals surface area contributed by atoms with E-state index in [0.29, 0.717) is 51.9 Å². The second-order valence-corrected chi connectivity index (χ2v) is 8.46. The third kappa shape index (κ3) is 10.7. The molecule has 10 heteroatoms. The van der Waals surface area contributed by atoms with Crippen LogP contribution in [0.4, 0.5) is 9.59 Å². The minimum Gasteiger partial charge on any atom is -0.343 e. The molecule has 0 aromatic rings. The minimum atomic E-state index is -0.229. The van der Waals surface area contributed by atoms with Crippen molar-refractivity contribution in [1.29, 1.82) is 0 Å². The van der Waals surface area contributed by atoms with Crippen LogP contribution in [0.2, 0.25) is 0 Å². The summed E-state index contributed by atoms with van der Waals surface area (Å²) in [6.07, 6.45) is 8.12. The van der Waals surface area contributed by atoms with Crippen molar-refractivity contribution in [3.05, 3.63) is 0 Å². The summed E-state index contributed by atoms with van der Waals surface area (Å²) in [4.78, 5) is 51.1. The Balaban J connectivity index is 1.34.